The topological polar surface area (TPSA) is 9.23 Å². The molecule has 0 aliphatic carbocycles. The number of rotatable bonds is 5. The van der Waals surface area contributed by atoms with Crippen LogP contribution < -0.4 is 4.74 Å². The first-order valence-electron chi connectivity index (χ1n) is 6.17. The van der Waals surface area contributed by atoms with Gasteiger partial charge in [-0.15, -0.1) is 11.6 Å². The van der Waals surface area contributed by atoms with E-state index in [0.29, 0.717) is 11.3 Å². The number of ether oxygens (including phenoxy) is 1. The molecule has 0 saturated heterocycles. The molecule has 0 amide bonds. The highest BCUT2D eigenvalue weighted by Gasteiger charge is 2.22. The van der Waals surface area contributed by atoms with Crippen LogP contribution in [0.4, 0.5) is 0 Å². The molecule has 2 rings (SSSR count). The van der Waals surface area contributed by atoms with Gasteiger partial charge in [0.2, 0.25) is 0 Å². The summed E-state index contributed by atoms with van der Waals surface area (Å²) in [6, 6.07) is 8.38. The zero-order valence-corrected chi connectivity index (χ0v) is 10.5. The summed E-state index contributed by atoms with van der Waals surface area (Å²) >= 11 is 6.12. The minimum Gasteiger partial charge on any atom is -0.493 e. The van der Waals surface area contributed by atoms with E-state index in [1.54, 1.807) is 0 Å². The number of hydrogen-bond donors (Lipinski definition) is 0. The summed E-state index contributed by atoms with van der Waals surface area (Å²) < 4.78 is 5.66. The first-order chi connectivity index (χ1) is 7.81. The van der Waals surface area contributed by atoms with E-state index >= 15 is 0 Å². The zero-order valence-electron chi connectivity index (χ0n) is 9.79. The highest BCUT2D eigenvalue weighted by Crippen LogP contribution is 2.36. The van der Waals surface area contributed by atoms with Crippen LogP contribution >= 0.6 is 11.6 Å². The molecule has 0 radical (unpaired) electrons. The largest absolute Gasteiger partial charge is 0.493 e. The number of benzene rings is 1. The van der Waals surface area contributed by atoms with Crippen molar-refractivity contribution >= 4 is 11.6 Å². The minimum absolute atomic E-state index is 0.345. The molecule has 1 aromatic carbocycles. The Morgan fingerprint density at radius 2 is 2.25 bits per heavy atom. The summed E-state index contributed by atoms with van der Waals surface area (Å²) in [5.41, 5.74) is 1.38. The fourth-order valence-corrected chi connectivity index (χ4v) is 2.41. The first kappa shape index (κ1) is 11.8. The second kappa shape index (κ2) is 5.58. The Morgan fingerprint density at radius 1 is 1.44 bits per heavy atom. The molecule has 1 nitrogen and oxygen atoms in total. The van der Waals surface area contributed by atoms with Gasteiger partial charge >= 0.3 is 0 Å². The average molecular weight is 239 g/mol. The Bertz CT molecular complexity index is 337. The van der Waals surface area contributed by atoms with E-state index in [9.17, 15) is 0 Å². The summed E-state index contributed by atoms with van der Waals surface area (Å²) in [4.78, 5) is 0. The van der Waals surface area contributed by atoms with Crippen molar-refractivity contribution in [2.75, 3.05) is 6.61 Å². The summed E-state index contributed by atoms with van der Waals surface area (Å²) in [6.07, 6.45) is 4.58. The SMILES string of the molecule is CCC(Cl)CCCC1COc2ccccc21. The van der Waals surface area contributed by atoms with Crippen molar-refractivity contribution in [1.82, 2.24) is 0 Å². The van der Waals surface area contributed by atoms with E-state index < -0.39 is 0 Å². The van der Waals surface area contributed by atoms with Crippen molar-refractivity contribution in [1.29, 1.82) is 0 Å². The van der Waals surface area contributed by atoms with Crippen molar-refractivity contribution in [3.05, 3.63) is 29.8 Å². The molecule has 0 spiro atoms. The van der Waals surface area contributed by atoms with Gasteiger partial charge in [0.1, 0.15) is 5.75 Å². The molecule has 2 atom stereocenters. The Labute approximate surface area is 103 Å². The Hall–Kier alpha value is -0.690. The third kappa shape index (κ3) is 2.70. The summed E-state index contributed by atoms with van der Waals surface area (Å²) in [5.74, 6) is 1.65. The summed E-state index contributed by atoms with van der Waals surface area (Å²) in [6.45, 7) is 2.99. The van der Waals surface area contributed by atoms with E-state index in [2.05, 4.69) is 25.1 Å². The van der Waals surface area contributed by atoms with Gasteiger partial charge in [0, 0.05) is 16.9 Å². The highest BCUT2D eigenvalue weighted by atomic mass is 35.5. The van der Waals surface area contributed by atoms with Gasteiger partial charge in [0.15, 0.2) is 0 Å². The van der Waals surface area contributed by atoms with Crippen LogP contribution in [-0.4, -0.2) is 12.0 Å². The summed E-state index contributed by atoms with van der Waals surface area (Å²) in [7, 11) is 0. The predicted molar refractivity (Wildman–Crippen MR) is 68.5 cm³/mol. The van der Waals surface area contributed by atoms with E-state index in [0.717, 1.165) is 25.2 Å². The highest BCUT2D eigenvalue weighted by molar-refractivity contribution is 6.20. The van der Waals surface area contributed by atoms with Crippen molar-refractivity contribution in [2.24, 2.45) is 0 Å². The molecular weight excluding hydrogens is 220 g/mol. The molecule has 2 heteroatoms. The number of halogens is 1. The van der Waals surface area contributed by atoms with Gasteiger partial charge in [0.05, 0.1) is 6.61 Å². The maximum absolute atomic E-state index is 6.12. The molecule has 2 unspecified atom stereocenters. The fourth-order valence-electron chi connectivity index (χ4n) is 2.26. The first-order valence-corrected chi connectivity index (χ1v) is 6.60. The van der Waals surface area contributed by atoms with Crippen molar-refractivity contribution in [3.8, 4) is 5.75 Å². The van der Waals surface area contributed by atoms with Gasteiger partial charge in [-0.05, 0) is 25.3 Å². The van der Waals surface area contributed by atoms with Crippen LogP contribution in [0.15, 0.2) is 24.3 Å². The Kier molecular flexibility index (Phi) is 4.11. The van der Waals surface area contributed by atoms with Gasteiger partial charge in [-0.3, -0.25) is 0 Å². The summed E-state index contributed by atoms with van der Waals surface area (Å²) in [5, 5.41) is 0.345. The van der Waals surface area contributed by atoms with Crippen LogP contribution in [0.1, 0.15) is 44.1 Å². The lowest BCUT2D eigenvalue weighted by Crippen LogP contribution is -2.03. The smallest absolute Gasteiger partial charge is 0.122 e. The zero-order chi connectivity index (χ0) is 11.4. The molecule has 1 aromatic rings. The molecule has 0 bridgehead atoms. The van der Waals surface area contributed by atoms with Crippen LogP contribution in [0.2, 0.25) is 0 Å². The number of para-hydroxylation sites is 1. The third-order valence-corrected chi connectivity index (χ3v) is 3.84. The van der Waals surface area contributed by atoms with Crippen LogP contribution in [0.25, 0.3) is 0 Å². The van der Waals surface area contributed by atoms with E-state index in [1.165, 1.54) is 18.4 Å². The average Bonchev–Trinajstić information content (AvgIpc) is 2.73. The lowest BCUT2D eigenvalue weighted by atomic mass is 9.95. The predicted octanol–water partition coefficient (Wildman–Crippen LogP) is 4.35. The van der Waals surface area contributed by atoms with Crippen LogP contribution in [0.3, 0.4) is 0 Å². The second-order valence-corrected chi connectivity index (χ2v) is 5.10. The molecule has 0 N–H and O–H groups in total. The molecular formula is C14H19ClO. The van der Waals surface area contributed by atoms with Crippen molar-refractivity contribution in [3.63, 3.8) is 0 Å². The van der Waals surface area contributed by atoms with Gasteiger partial charge in [-0.2, -0.15) is 0 Å². The van der Waals surface area contributed by atoms with Crippen LogP contribution in [0, 0.1) is 0 Å². The number of hydrogen-bond acceptors (Lipinski definition) is 1. The number of fused-ring (bicyclic) bond motifs is 1. The Balaban J connectivity index is 1.84. The van der Waals surface area contributed by atoms with Crippen LogP contribution in [0.5, 0.6) is 5.75 Å². The standard InChI is InChI=1S/C14H19ClO/c1-2-12(15)7-5-6-11-10-16-14-9-4-3-8-13(11)14/h3-4,8-9,11-12H,2,5-7,10H2,1H3. The number of alkyl halides is 1. The minimum atomic E-state index is 0.345. The van der Waals surface area contributed by atoms with Gasteiger partial charge in [-0.1, -0.05) is 31.5 Å². The Morgan fingerprint density at radius 3 is 3.06 bits per heavy atom. The quantitative estimate of drug-likeness (QED) is 0.693. The maximum atomic E-state index is 6.12. The molecule has 0 saturated carbocycles. The van der Waals surface area contributed by atoms with Crippen molar-refractivity contribution in [2.45, 2.75) is 43.9 Å². The van der Waals surface area contributed by atoms with Gasteiger partial charge in [-0.25, -0.2) is 0 Å². The maximum Gasteiger partial charge on any atom is 0.122 e. The van der Waals surface area contributed by atoms with Crippen molar-refractivity contribution < 1.29 is 4.74 Å². The van der Waals surface area contributed by atoms with E-state index in [4.69, 9.17) is 16.3 Å². The van der Waals surface area contributed by atoms with Crippen LogP contribution in [-0.2, 0) is 0 Å². The molecule has 1 aliphatic heterocycles. The normalized spacial score (nSPS) is 20.2. The lowest BCUT2D eigenvalue weighted by Gasteiger charge is -2.10. The molecule has 1 heterocycles. The lowest BCUT2D eigenvalue weighted by molar-refractivity contribution is 0.322. The van der Waals surface area contributed by atoms with Gasteiger partial charge in [0.25, 0.3) is 0 Å². The monoisotopic (exact) mass is 238 g/mol. The third-order valence-electron chi connectivity index (χ3n) is 3.31. The van der Waals surface area contributed by atoms with E-state index in [-0.39, 0.29) is 0 Å². The van der Waals surface area contributed by atoms with Gasteiger partial charge < -0.3 is 4.74 Å². The molecule has 1 aliphatic rings. The fraction of sp³-hybridized carbons (Fsp3) is 0.571. The molecule has 0 aromatic heterocycles. The molecule has 16 heavy (non-hydrogen) atoms. The van der Waals surface area contributed by atoms with E-state index in [1.807, 2.05) is 6.07 Å². The second-order valence-electron chi connectivity index (χ2n) is 4.48. The molecule has 0 fully saturated rings. The molecule has 88 valence electrons.